The van der Waals surface area contributed by atoms with Gasteiger partial charge in [-0.2, -0.15) is 0 Å². The fourth-order valence-corrected chi connectivity index (χ4v) is 5.35. The highest BCUT2D eigenvalue weighted by atomic mass is 127. The third-order valence-electron chi connectivity index (χ3n) is 5.23. The summed E-state index contributed by atoms with van der Waals surface area (Å²) in [5.41, 5.74) is 0. The first-order chi connectivity index (χ1) is 11.0. The van der Waals surface area contributed by atoms with Gasteiger partial charge in [-0.1, -0.05) is 26.7 Å². The molecule has 2 rings (SSSR count). The van der Waals surface area contributed by atoms with Gasteiger partial charge in [0.15, 0.2) is 5.96 Å². The fourth-order valence-electron chi connectivity index (χ4n) is 3.95. The molecule has 2 atom stereocenters. The minimum absolute atomic E-state index is 0. The standard InChI is InChI=1S/C16H32N4O2S.HI/c1-4-20(5-2)23(21,22)11-10-18-16(17-3)19-12-14-8-6-7-9-15(14)13-19;/h14-15H,4-13H2,1-3H3,(H,17,18);1H. The third kappa shape index (κ3) is 5.45. The molecule has 0 aromatic heterocycles. The van der Waals surface area contributed by atoms with Crippen LogP contribution in [0.4, 0.5) is 0 Å². The second-order valence-electron chi connectivity index (χ2n) is 6.58. The van der Waals surface area contributed by atoms with Crippen molar-refractivity contribution in [1.82, 2.24) is 14.5 Å². The Kier molecular flexibility index (Phi) is 9.29. The van der Waals surface area contributed by atoms with Gasteiger partial charge in [0.25, 0.3) is 0 Å². The molecule has 2 unspecified atom stereocenters. The lowest BCUT2D eigenvalue weighted by molar-refractivity contribution is 0.299. The molecule has 8 heteroatoms. The van der Waals surface area contributed by atoms with Crippen molar-refractivity contribution in [2.75, 3.05) is 45.5 Å². The molecule has 1 saturated heterocycles. The molecule has 1 heterocycles. The number of sulfonamides is 1. The van der Waals surface area contributed by atoms with Crippen LogP contribution in [0.25, 0.3) is 0 Å². The monoisotopic (exact) mass is 472 g/mol. The second kappa shape index (κ2) is 10.2. The van der Waals surface area contributed by atoms with Gasteiger partial charge in [0.2, 0.25) is 10.0 Å². The molecule has 2 fully saturated rings. The van der Waals surface area contributed by atoms with Crippen LogP contribution in [0.2, 0.25) is 0 Å². The predicted octanol–water partition coefficient (Wildman–Crippen LogP) is 1.97. The van der Waals surface area contributed by atoms with Gasteiger partial charge in [0, 0.05) is 39.8 Å². The van der Waals surface area contributed by atoms with Gasteiger partial charge in [-0.15, -0.1) is 24.0 Å². The normalized spacial score (nSPS) is 24.7. The summed E-state index contributed by atoms with van der Waals surface area (Å²) in [6.45, 7) is 7.35. The molecule has 0 bridgehead atoms. The Labute approximate surface area is 164 Å². The van der Waals surface area contributed by atoms with Gasteiger partial charge in [0.1, 0.15) is 0 Å². The Morgan fingerprint density at radius 3 is 2.17 bits per heavy atom. The predicted molar refractivity (Wildman–Crippen MR) is 111 cm³/mol. The number of likely N-dealkylation sites (tertiary alicyclic amines) is 1. The van der Waals surface area contributed by atoms with Crippen LogP contribution in [0, 0.1) is 11.8 Å². The number of nitrogens with one attached hydrogen (secondary N) is 1. The highest BCUT2D eigenvalue weighted by Gasteiger charge is 2.35. The zero-order chi connectivity index (χ0) is 16.9. The van der Waals surface area contributed by atoms with E-state index in [1.165, 1.54) is 30.0 Å². The van der Waals surface area contributed by atoms with Gasteiger partial charge in [-0.3, -0.25) is 4.99 Å². The number of guanidine groups is 1. The third-order valence-corrected chi connectivity index (χ3v) is 7.25. The molecule has 2 aliphatic rings. The zero-order valence-corrected chi connectivity index (χ0v) is 18.3. The molecule has 1 aliphatic heterocycles. The maximum absolute atomic E-state index is 12.2. The molecule has 6 nitrogen and oxygen atoms in total. The Bertz CT molecular complexity index is 494. The first-order valence-electron chi connectivity index (χ1n) is 8.95. The maximum Gasteiger partial charge on any atom is 0.215 e. The van der Waals surface area contributed by atoms with E-state index in [9.17, 15) is 8.42 Å². The Hall–Kier alpha value is -0.0900. The highest BCUT2D eigenvalue weighted by molar-refractivity contribution is 14.0. The lowest BCUT2D eigenvalue weighted by Gasteiger charge is -2.23. The number of hydrogen-bond acceptors (Lipinski definition) is 3. The van der Waals surface area contributed by atoms with Crippen LogP contribution in [0.15, 0.2) is 4.99 Å². The van der Waals surface area contributed by atoms with Crippen molar-refractivity contribution in [2.45, 2.75) is 39.5 Å². The van der Waals surface area contributed by atoms with E-state index < -0.39 is 10.0 Å². The molecule has 1 aliphatic carbocycles. The van der Waals surface area contributed by atoms with E-state index in [1.54, 1.807) is 7.05 Å². The van der Waals surface area contributed by atoms with Crippen molar-refractivity contribution < 1.29 is 8.42 Å². The van der Waals surface area contributed by atoms with Crippen molar-refractivity contribution in [2.24, 2.45) is 16.8 Å². The first-order valence-corrected chi connectivity index (χ1v) is 10.6. The quantitative estimate of drug-likeness (QED) is 0.365. The van der Waals surface area contributed by atoms with Crippen molar-refractivity contribution in [3.05, 3.63) is 0 Å². The number of halogens is 1. The molecule has 0 amide bonds. The van der Waals surface area contributed by atoms with E-state index in [0.29, 0.717) is 19.6 Å². The minimum atomic E-state index is -3.17. The summed E-state index contributed by atoms with van der Waals surface area (Å²) in [5, 5.41) is 3.25. The topological polar surface area (TPSA) is 65.0 Å². The fraction of sp³-hybridized carbons (Fsp3) is 0.938. The van der Waals surface area contributed by atoms with Gasteiger partial charge < -0.3 is 10.2 Å². The number of rotatable bonds is 6. The summed E-state index contributed by atoms with van der Waals surface area (Å²) < 4.78 is 26.0. The minimum Gasteiger partial charge on any atom is -0.355 e. The molecular weight excluding hydrogens is 439 g/mol. The molecule has 24 heavy (non-hydrogen) atoms. The van der Waals surface area contributed by atoms with Crippen molar-refractivity contribution >= 4 is 40.0 Å². The van der Waals surface area contributed by atoms with E-state index in [2.05, 4.69) is 15.2 Å². The molecule has 1 saturated carbocycles. The highest BCUT2D eigenvalue weighted by Crippen LogP contribution is 2.35. The molecule has 1 N–H and O–H groups in total. The van der Waals surface area contributed by atoms with E-state index >= 15 is 0 Å². The zero-order valence-electron chi connectivity index (χ0n) is 15.2. The van der Waals surface area contributed by atoms with Crippen LogP contribution in [-0.4, -0.2) is 69.1 Å². The Morgan fingerprint density at radius 2 is 1.71 bits per heavy atom. The summed E-state index contributed by atoms with van der Waals surface area (Å²) in [6.07, 6.45) is 5.36. The molecular formula is C16H33IN4O2S. The largest absolute Gasteiger partial charge is 0.355 e. The van der Waals surface area contributed by atoms with Crippen LogP contribution in [0.1, 0.15) is 39.5 Å². The molecule has 0 spiro atoms. The van der Waals surface area contributed by atoms with Crippen molar-refractivity contribution in [3.8, 4) is 0 Å². The van der Waals surface area contributed by atoms with Crippen LogP contribution >= 0.6 is 24.0 Å². The summed E-state index contributed by atoms with van der Waals surface area (Å²) in [6, 6.07) is 0. The second-order valence-corrected chi connectivity index (χ2v) is 8.67. The van der Waals surface area contributed by atoms with Gasteiger partial charge in [0.05, 0.1) is 5.75 Å². The smallest absolute Gasteiger partial charge is 0.215 e. The average Bonchev–Trinajstić information content (AvgIpc) is 2.96. The molecule has 0 radical (unpaired) electrons. The number of nitrogens with zero attached hydrogens (tertiary/aromatic N) is 3. The lowest BCUT2D eigenvalue weighted by atomic mass is 9.82. The summed E-state index contributed by atoms with van der Waals surface area (Å²) in [7, 11) is -1.39. The Morgan fingerprint density at radius 1 is 1.17 bits per heavy atom. The van der Waals surface area contributed by atoms with Crippen LogP contribution < -0.4 is 5.32 Å². The number of aliphatic imine (C=N–C) groups is 1. The van der Waals surface area contributed by atoms with E-state index in [-0.39, 0.29) is 29.7 Å². The van der Waals surface area contributed by atoms with E-state index in [0.717, 1.165) is 30.9 Å². The molecule has 0 aromatic rings. The number of hydrogen-bond donors (Lipinski definition) is 1. The van der Waals surface area contributed by atoms with Crippen LogP contribution in [-0.2, 0) is 10.0 Å². The SMILES string of the molecule is CCN(CC)S(=O)(=O)CCNC(=NC)N1CC2CCCCC2C1.I. The van der Waals surface area contributed by atoms with Crippen LogP contribution in [0.5, 0.6) is 0 Å². The van der Waals surface area contributed by atoms with Gasteiger partial charge >= 0.3 is 0 Å². The van der Waals surface area contributed by atoms with Crippen molar-refractivity contribution in [3.63, 3.8) is 0 Å². The maximum atomic E-state index is 12.2. The van der Waals surface area contributed by atoms with Gasteiger partial charge in [-0.05, 0) is 24.7 Å². The summed E-state index contributed by atoms with van der Waals surface area (Å²) in [5.74, 6) is 2.56. The van der Waals surface area contributed by atoms with E-state index in [1.807, 2.05) is 13.8 Å². The van der Waals surface area contributed by atoms with Gasteiger partial charge in [-0.25, -0.2) is 12.7 Å². The van der Waals surface area contributed by atoms with Crippen LogP contribution in [0.3, 0.4) is 0 Å². The lowest BCUT2D eigenvalue weighted by Crippen LogP contribution is -2.43. The summed E-state index contributed by atoms with van der Waals surface area (Å²) in [4.78, 5) is 6.67. The van der Waals surface area contributed by atoms with E-state index in [4.69, 9.17) is 0 Å². The average molecular weight is 472 g/mol. The molecule has 0 aromatic carbocycles. The molecule has 142 valence electrons. The first kappa shape index (κ1) is 22.0. The summed E-state index contributed by atoms with van der Waals surface area (Å²) >= 11 is 0. The number of fused-ring (bicyclic) bond motifs is 1. The van der Waals surface area contributed by atoms with Crippen molar-refractivity contribution in [1.29, 1.82) is 0 Å². The Balaban J connectivity index is 0.00000288.